The van der Waals surface area contributed by atoms with Gasteiger partial charge in [-0.15, -0.1) is 11.3 Å². The molecule has 0 aromatic carbocycles. The molecular weight excluding hydrogens is 292 g/mol. The summed E-state index contributed by atoms with van der Waals surface area (Å²) in [7, 11) is 2.23. The first-order chi connectivity index (χ1) is 10.6. The van der Waals surface area contributed by atoms with Gasteiger partial charge in [-0.25, -0.2) is 0 Å². The zero-order valence-electron chi connectivity index (χ0n) is 14.2. The number of likely N-dealkylation sites (N-methyl/N-ethyl adjacent to an activating group) is 1. The van der Waals surface area contributed by atoms with E-state index in [4.69, 9.17) is 0 Å². The molecule has 5 heteroatoms. The van der Waals surface area contributed by atoms with Gasteiger partial charge in [-0.05, 0) is 37.9 Å². The van der Waals surface area contributed by atoms with Gasteiger partial charge in [-0.1, -0.05) is 0 Å². The van der Waals surface area contributed by atoms with Crippen molar-refractivity contribution in [3.8, 4) is 0 Å². The van der Waals surface area contributed by atoms with Gasteiger partial charge in [0.05, 0.1) is 6.04 Å². The Balaban J connectivity index is 1.75. The normalized spacial score (nSPS) is 27.1. The summed E-state index contributed by atoms with van der Waals surface area (Å²) >= 11 is 1.94. The second-order valence-corrected chi connectivity index (χ2v) is 7.83. The van der Waals surface area contributed by atoms with Crippen LogP contribution in [0.4, 0.5) is 0 Å². The fraction of sp³-hybridized carbons (Fsp3) is 0.765. The number of nitrogens with one attached hydrogen (secondary N) is 1. The molecular formula is C17H30N4S. The Hall–Kier alpha value is -0.460. The molecule has 124 valence electrons. The van der Waals surface area contributed by atoms with Crippen LogP contribution in [0.5, 0.6) is 0 Å². The summed E-state index contributed by atoms with van der Waals surface area (Å²) in [6, 6.07) is 3.46. The summed E-state index contributed by atoms with van der Waals surface area (Å²) in [4.78, 5) is 9.41. The average Bonchev–Trinajstić information content (AvgIpc) is 2.94. The first-order valence-electron chi connectivity index (χ1n) is 8.56. The number of piperazine rings is 2. The smallest absolute Gasteiger partial charge is 0.0575 e. The number of rotatable bonds is 4. The van der Waals surface area contributed by atoms with Gasteiger partial charge >= 0.3 is 0 Å². The number of nitrogens with zero attached hydrogens (tertiary/aromatic N) is 3. The van der Waals surface area contributed by atoms with Crippen molar-refractivity contribution in [2.75, 3.05) is 59.4 Å². The zero-order valence-corrected chi connectivity index (χ0v) is 15.0. The van der Waals surface area contributed by atoms with Gasteiger partial charge in [0.1, 0.15) is 0 Å². The Kier molecular flexibility index (Phi) is 5.52. The highest BCUT2D eigenvalue weighted by Crippen LogP contribution is 2.31. The highest BCUT2D eigenvalue weighted by Gasteiger charge is 2.30. The fourth-order valence-corrected chi connectivity index (χ4v) is 4.70. The Bertz CT molecular complexity index is 467. The van der Waals surface area contributed by atoms with Gasteiger partial charge in [0.2, 0.25) is 0 Å². The van der Waals surface area contributed by atoms with Crippen molar-refractivity contribution in [3.63, 3.8) is 0 Å². The molecule has 1 N–H and O–H groups in total. The molecule has 0 spiro atoms. The van der Waals surface area contributed by atoms with Crippen molar-refractivity contribution < 1.29 is 0 Å². The Morgan fingerprint density at radius 2 is 2.05 bits per heavy atom. The molecule has 0 amide bonds. The predicted octanol–water partition coefficient (Wildman–Crippen LogP) is 1.64. The van der Waals surface area contributed by atoms with Crippen LogP contribution in [-0.2, 0) is 0 Å². The third kappa shape index (κ3) is 3.71. The van der Waals surface area contributed by atoms with Crippen molar-refractivity contribution in [2.45, 2.75) is 25.9 Å². The summed E-state index contributed by atoms with van der Waals surface area (Å²) in [6.07, 6.45) is 0. The number of hydrogen-bond donors (Lipinski definition) is 1. The zero-order chi connectivity index (χ0) is 15.5. The SMILES string of the molecule is Cc1ccsc1C(CN1CCN(C)CC1)N1CCNCC1C. The molecule has 22 heavy (non-hydrogen) atoms. The van der Waals surface area contributed by atoms with E-state index in [9.17, 15) is 0 Å². The van der Waals surface area contributed by atoms with Gasteiger partial charge in [-0.3, -0.25) is 9.80 Å². The van der Waals surface area contributed by atoms with Crippen molar-refractivity contribution in [1.82, 2.24) is 20.0 Å². The van der Waals surface area contributed by atoms with Crippen LogP contribution in [0.1, 0.15) is 23.4 Å². The summed E-state index contributed by atoms with van der Waals surface area (Å²) in [5.74, 6) is 0. The standard InChI is InChI=1S/C17H30N4S/c1-14-4-11-22-17(14)16(21-6-5-18-12-15(21)2)13-20-9-7-19(3)8-10-20/h4,11,15-16,18H,5-10,12-13H2,1-3H3. The molecule has 2 unspecified atom stereocenters. The lowest BCUT2D eigenvalue weighted by Crippen LogP contribution is -2.54. The monoisotopic (exact) mass is 322 g/mol. The minimum absolute atomic E-state index is 0.556. The minimum Gasteiger partial charge on any atom is -0.314 e. The Labute approximate surface area is 139 Å². The minimum atomic E-state index is 0.556. The number of thiophene rings is 1. The number of aryl methyl sites for hydroxylation is 1. The van der Waals surface area contributed by atoms with E-state index in [1.54, 1.807) is 4.88 Å². The highest BCUT2D eigenvalue weighted by molar-refractivity contribution is 7.10. The third-order valence-electron chi connectivity index (χ3n) is 5.18. The van der Waals surface area contributed by atoms with Gasteiger partial charge < -0.3 is 10.2 Å². The molecule has 4 nitrogen and oxygen atoms in total. The molecule has 1 aromatic rings. The molecule has 0 bridgehead atoms. The summed E-state index contributed by atoms with van der Waals surface area (Å²) in [5, 5.41) is 5.79. The van der Waals surface area contributed by atoms with Crippen LogP contribution in [-0.4, -0.2) is 80.1 Å². The molecule has 2 fully saturated rings. The van der Waals surface area contributed by atoms with Crippen molar-refractivity contribution in [3.05, 3.63) is 21.9 Å². The topological polar surface area (TPSA) is 21.8 Å². The van der Waals surface area contributed by atoms with Crippen LogP contribution in [0, 0.1) is 6.92 Å². The van der Waals surface area contributed by atoms with E-state index in [1.807, 2.05) is 11.3 Å². The highest BCUT2D eigenvalue weighted by atomic mass is 32.1. The van der Waals surface area contributed by atoms with Crippen molar-refractivity contribution in [2.24, 2.45) is 0 Å². The summed E-state index contributed by atoms with van der Waals surface area (Å²) < 4.78 is 0. The van der Waals surface area contributed by atoms with E-state index in [2.05, 4.69) is 52.4 Å². The first kappa shape index (κ1) is 16.4. The maximum absolute atomic E-state index is 3.53. The van der Waals surface area contributed by atoms with E-state index in [0.29, 0.717) is 12.1 Å². The van der Waals surface area contributed by atoms with Crippen LogP contribution in [0.15, 0.2) is 11.4 Å². The lowest BCUT2D eigenvalue weighted by molar-refractivity contribution is 0.0675. The number of hydrogen-bond acceptors (Lipinski definition) is 5. The Morgan fingerprint density at radius 1 is 1.27 bits per heavy atom. The second kappa shape index (κ2) is 7.41. The van der Waals surface area contributed by atoms with Crippen LogP contribution >= 0.6 is 11.3 Å². The second-order valence-electron chi connectivity index (χ2n) is 6.88. The van der Waals surface area contributed by atoms with Crippen LogP contribution in [0.3, 0.4) is 0 Å². The predicted molar refractivity (Wildman–Crippen MR) is 94.8 cm³/mol. The average molecular weight is 323 g/mol. The molecule has 3 heterocycles. The first-order valence-corrected chi connectivity index (χ1v) is 9.44. The molecule has 0 aliphatic carbocycles. The van der Waals surface area contributed by atoms with E-state index < -0.39 is 0 Å². The fourth-order valence-electron chi connectivity index (χ4n) is 3.66. The summed E-state index contributed by atoms with van der Waals surface area (Å²) in [5.41, 5.74) is 1.47. The van der Waals surface area contributed by atoms with Gasteiger partial charge in [0, 0.05) is 63.3 Å². The van der Waals surface area contributed by atoms with E-state index in [1.165, 1.54) is 38.3 Å². The van der Waals surface area contributed by atoms with Gasteiger partial charge in [-0.2, -0.15) is 0 Å². The molecule has 0 saturated carbocycles. The third-order valence-corrected chi connectivity index (χ3v) is 6.30. The molecule has 0 radical (unpaired) electrons. The van der Waals surface area contributed by atoms with Crippen LogP contribution in [0.25, 0.3) is 0 Å². The lowest BCUT2D eigenvalue weighted by Gasteiger charge is -2.43. The quantitative estimate of drug-likeness (QED) is 0.910. The van der Waals surface area contributed by atoms with Gasteiger partial charge in [0.15, 0.2) is 0 Å². The Morgan fingerprint density at radius 3 is 2.68 bits per heavy atom. The summed E-state index contributed by atoms with van der Waals surface area (Å²) in [6.45, 7) is 14.0. The molecule has 2 aliphatic rings. The largest absolute Gasteiger partial charge is 0.314 e. The lowest BCUT2D eigenvalue weighted by atomic mass is 10.1. The molecule has 2 atom stereocenters. The molecule has 2 aliphatic heterocycles. The van der Waals surface area contributed by atoms with E-state index >= 15 is 0 Å². The maximum Gasteiger partial charge on any atom is 0.0575 e. The van der Waals surface area contributed by atoms with Crippen LogP contribution < -0.4 is 5.32 Å². The van der Waals surface area contributed by atoms with E-state index in [-0.39, 0.29) is 0 Å². The molecule has 2 saturated heterocycles. The maximum atomic E-state index is 3.53. The molecule has 3 rings (SSSR count). The van der Waals surface area contributed by atoms with Crippen molar-refractivity contribution in [1.29, 1.82) is 0 Å². The van der Waals surface area contributed by atoms with Gasteiger partial charge in [0.25, 0.3) is 0 Å². The van der Waals surface area contributed by atoms with Crippen molar-refractivity contribution >= 4 is 11.3 Å². The van der Waals surface area contributed by atoms with E-state index in [0.717, 1.165) is 19.6 Å². The molecule has 1 aromatic heterocycles. The van der Waals surface area contributed by atoms with Crippen LogP contribution in [0.2, 0.25) is 0 Å².